The highest BCUT2D eigenvalue weighted by atomic mass is 15.2. The van der Waals surface area contributed by atoms with Crippen molar-refractivity contribution in [2.24, 2.45) is 0 Å². The Morgan fingerprint density at radius 3 is 2.30 bits per heavy atom. The van der Waals surface area contributed by atoms with Gasteiger partial charge < -0.3 is 4.90 Å². The fourth-order valence-corrected chi connectivity index (χ4v) is 3.10. The van der Waals surface area contributed by atoms with E-state index in [1.807, 2.05) is 0 Å². The third-order valence-corrected chi connectivity index (χ3v) is 4.22. The van der Waals surface area contributed by atoms with Crippen molar-refractivity contribution >= 4 is 27.5 Å². The second-order valence-corrected chi connectivity index (χ2v) is 5.61. The van der Waals surface area contributed by atoms with Crippen molar-refractivity contribution in [2.75, 3.05) is 18.0 Å². The van der Waals surface area contributed by atoms with Crippen LogP contribution >= 0.6 is 0 Å². The molecule has 2 aromatic carbocycles. The van der Waals surface area contributed by atoms with Crippen LogP contribution in [0.15, 0.2) is 48.5 Å². The summed E-state index contributed by atoms with van der Waals surface area (Å²) in [7, 11) is 0. The Hall–Kier alpha value is -2.09. The molecule has 0 radical (unpaired) electrons. The summed E-state index contributed by atoms with van der Waals surface area (Å²) in [5.41, 5.74) is 1.10. The number of fused-ring (bicyclic) bond motifs is 2. The molecule has 2 nitrogen and oxygen atoms in total. The minimum absolute atomic E-state index is 1.10. The van der Waals surface area contributed by atoms with Crippen LogP contribution in [-0.4, -0.2) is 18.1 Å². The number of nitrogens with zero attached hydrogens (tertiary/aromatic N) is 2. The van der Waals surface area contributed by atoms with Gasteiger partial charge in [0.15, 0.2) is 0 Å². The van der Waals surface area contributed by atoms with E-state index in [-0.39, 0.29) is 0 Å². The van der Waals surface area contributed by atoms with Crippen molar-refractivity contribution in [1.29, 1.82) is 0 Å². The zero-order chi connectivity index (χ0) is 13.4. The molecule has 4 rings (SSSR count). The Kier molecular flexibility index (Phi) is 2.80. The van der Waals surface area contributed by atoms with Crippen LogP contribution in [0.3, 0.4) is 0 Å². The van der Waals surface area contributed by atoms with E-state index in [1.54, 1.807) is 0 Å². The Morgan fingerprint density at radius 1 is 0.750 bits per heavy atom. The van der Waals surface area contributed by atoms with E-state index in [9.17, 15) is 0 Å². The average molecular weight is 262 g/mol. The maximum absolute atomic E-state index is 4.87. The number of piperidine rings is 1. The second-order valence-electron chi connectivity index (χ2n) is 5.61. The zero-order valence-corrected chi connectivity index (χ0v) is 11.5. The van der Waals surface area contributed by atoms with Crippen LogP contribution in [0.1, 0.15) is 19.3 Å². The fraction of sp³-hybridized carbons (Fsp3) is 0.278. The number of aromatic nitrogens is 1. The summed E-state index contributed by atoms with van der Waals surface area (Å²) < 4.78 is 0. The van der Waals surface area contributed by atoms with Gasteiger partial charge in [-0.05, 0) is 54.3 Å². The van der Waals surface area contributed by atoms with Gasteiger partial charge in [0.05, 0.1) is 5.52 Å². The summed E-state index contributed by atoms with van der Waals surface area (Å²) >= 11 is 0. The summed E-state index contributed by atoms with van der Waals surface area (Å²) in [5.74, 6) is 1.13. The lowest BCUT2D eigenvalue weighted by atomic mass is 10.1. The molecule has 0 N–H and O–H groups in total. The van der Waals surface area contributed by atoms with Gasteiger partial charge in [0.1, 0.15) is 5.82 Å². The Morgan fingerprint density at radius 2 is 1.50 bits per heavy atom. The molecule has 0 spiro atoms. The Bertz CT molecular complexity index is 758. The molecule has 100 valence electrons. The van der Waals surface area contributed by atoms with E-state index < -0.39 is 0 Å². The van der Waals surface area contributed by atoms with Crippen LogP contribution in [0.4, 0.5) is 5.82 Å². The van der Waals surface area contributed by atoms with E-state index in [4.69, 9.17) is 4.98 Å². The van der Waals surface area contributed by atoms with Gasteiger partial charge in [-0.2, -0.15) is 0 Å². The quantitative estimate of drug-likeness (QED) is 0.605. The highest BCUT2D eigenvalue weighted by Crippen LogP contribution is 2.25. The molecule has 2 heterocycles. The van der Waals surface area contributed by atoms with Crippen LogP contribution in [0.5, 0.6) is 0 Å². The molecule has 3 aromatic rings. The highest BCUT2D eigenvalue weighted by Gasteiger charge is 2.12. The molecule has 1 saturated heterocycles. The lowest BCUT2D eigenvalue weighted by Gasteiger charge is -2.27. The van der Waals surface area contributed by atoms with Gasteiger partial charge in [-0.1, -0.05) is 24.3 Å². The van der Waals surface area contributed by atoms with Gasteiger partial charge in [0, 0.05) is 18.5 Å². The third-order valence-electron chi connectivity index (χ3n) is 4.22. The monoisotopic (exact) mass is 262 g/mol. The van der Waals surface area contributed by atoms with Crippen LogP contribution < -0.4 is 4.90 Å². The third kappa shape index (κ3) is 2.01. The van der Waals surface area contributed by atoms with E-state index in [2.05, 4.69) is 53.4 Å². The molecule has 1 aromatic heterocycles. The maximum atomic E-state index is 4.87. The minimum Gasteiger partial charge on any atom is -0.357 e. The highest BCUT2D eigenvalue weighted by molar-refractivity contribution is 5.96. The number of benzene rings is 2. The van der Waals surface area contributed by atoms with Crippen molar-refractivity contribution in [2.45, 2.75) is 19.3 Å². The molecule has 0 saturated carbocycles. The molecule has 2 heteroatoms. The summed E-state index contributed by atoms with van der Waals surface area (Å²) in [6, 6.07) is 17.3. The second kappa shape index (κ2) is 4.78. The van der Waals surface area contributed by atoms with Gasteiger partial charge in [0.25, 0.3) is 0 Å². The van der Waals surface area contributed by atoms with Gasteiger partial charge in [-0.3, -0.25) is 0 Å². The summed E-state index contributed by atoms with van der Waals surface area (Å²) in [6.45, 7) is 2.29. The first kappa shape index (κ1) is 11.7. The minimum atomic E-state index is 1.10. The number of hydrogen-bond donors (Lipinski definition) is 0. The van der Waals surface area contributed by atoms with Gasteiger partial charge in [-0.25, -0.2) is 4.98 Å². The van der Waals surface area contributed by atoms with Crippen molar-refractivity contribution in [3.63, 3.8) is 0 Å². The number of rotatable bonds is 1. The Balaban J connectivity index is 1.83. The lowest BCUT2D eigenvalue weighted by molar-refractivity contribution is 0.574. The number of hydrogen-bond acceptors (Lipinski definition) is 2. The summed E-state index contributed by atoms with van der Waals surface area (Å²) in [5, 5.41) is 3.78. The maximum Gasteiger partial charge on any atom is 0.129 e. The van der Waals surface area contributed by atoms with Crippen molar-refractivity contribution in [3.05, 3.63) is 48.5 Å². The van der Waals surface area contributed by atoms with E-state index in [1.165, 1.54) is 35.4 Å². The molecule has 0 amide bonds. The first-order valence-corrected chi connectivity index (χ1v) is 7.45. The molecule has 20 heavy (non-hydrogen) atoms. The zero-order valence-electron chi connectivity index (χ0n) is 11.5. The van der Waals surface area contributed by atoms with E-state index in [0.717, 1.165) is 24.4 Å². The smallest absolute Gasteiger partial charge is 0.129 e. The molecule has 0 atom stereocenters. The largest absolute Gasteiger partial charge is 0.357 e. The lowest BCUT2D eigenvalue weighted by Crippen LogP contribution is -2.30. The fourth-order valence-electron chi connectivity index (χ4n) is 3.10. The van der Waals surface area contributed by atoms with Crippen LogP contribution in [0, 0.1) is 0 Å². The van der Waals surface area contributed by atoms with Crippen LogP contribution in [-0.2, 0) is 0 Å². The normalized spacial score (nSPS) is 15.9. The molecule has 0 bridgehead atoms. The molecule has 1 aliphatic rings. The molecule has 1 fully saturated rings. The predicted octanol–water partition coefficient (Wildman–Crippen LogP) is 4.38. The number of anilines is 1. The molecular formula is C18H18N2. The first-order chi connectivity index (χ1) is 9.90. The molecule has 1 aliphatic heterocycles. The standard InChI is InChI=1S/C18H18N2/c1-4-10-20(11-5-1)18-9-8-16-12-14-6-2-3-7-15(14)13-17(16)19-18/h2-3,6-9,12-13H,1,4-5,10-11H2. The van der Waals surface area contributed by atoms with Crippen LogP contribution in [0.2, 0.25) is 0 Å². The van der Waals surface area contributed by atoms with Gasteiger partial charge in [0.2, 0.25) is 0 Å². The molecule has 0 unspecified atom stereocenters. The van der Waals surface area contributed by atoms with Gasteiger partial charge in [-0.15, -0.1) is 0 Å². The van der Waals surface area contributed by atoms with Crippen LogP contribution in [0.25, 0.3) is 21.7 Å². The van der Waals surface area contributed by atoms with E-state index >= 15 is 0 Å². The van der Waals surface area contributed by atoms with Gasteiger partial charge >= 0.3 is 0 Å². The number of pyridine rings is 1. The molecule has 0 aliphatic carbocycles. The molecular weight excluding hydrogens is 244 g/mol. The van der Waals surface area contributed by atoms with Crippen molar-refractivity contribution < 1.29 is 0 Å². The van der Waals surface area contributed by atoms with E-state index in [0.29, 0.717) is 0 Å². The summed E-state index contributed by atoms with van der Waals surface area (Å²) in [4.78, 5) is 7.29. The van der Waals surface area contributed by atoms with Crippen molar-refractivity contribution in [3.8, 4) is 0 Å². The topological polar surface area (TPSA) is 16.1 Å². The average Bonchev–Trinajstić information content (AvgIpc) is 2.53. The Labute approximate surface area is 119 Å². The van der Waals surface area contributed by atoms with Crippen molar-refractivity contribution in [1.82, 2.24) is 4.98 Å². The SMILES string of the molecule is c1ccc2cc3nc(N4CCCCC4)ccc3cc2c1. The summed E-state index contributed by atoms with van der Waals surface area (Å²) in [6.07, 6.45) is 3.93. The predicted molar refractivity (Wildman–Crippen MR) is 85.3 cm³/mol. The first-order valence-electron chi connectivity index (χ1n) is 7.45.